The van der Waals surface area contributed by atoms with Crippen molar-refractivity contribution in [3.63, 3.8) is 0 Å². The minimum atomic E-state index is -0.460. The van der Waals surface area contributed by atoms with Crippen molar-refractivity contribution in [1.82, 2.24) is 0 Å². The topological polar surface area (TPSA) is 69.6 Å². The molecule has 98 valence electrons. The molecule has 4 nitrogen and oxygen atoms in total. The fourth-order valence-corrected chi connectivity index (χ4v) is 2.09. The number of benzene rings is 2. The summed E-state index contributed by atoms with van der Waals surface area (Å²) in [7, 11) is 0. The fourth-order valence-electron chi connectivity index (χ4n) is 1.48. The number of halogens is 2. The van der Waals surface area contributed by atoms with Gasteiger partial charge in [0.25, 0.3) is 5.91 Å². The molecular weight excluding hydrogens is 381 g/mol. The van der Waals surface area contributed by atoms with Crippen LogP contribution in [0.2, 0.25) is 5.02 Å². The zero-order valence-corrected chi connectivity index (χ0v) is 12.4. The molecule has 2 aromatic carbocycles. The Kier molecular flexibility index (Phi) is 4.16. The second-order valence-electron chi connectivity index (χ2n) is 3.78. The molecule has 0 heterocycles. The van der Waals surface area contributed by atoms with Gasteiger partial charge >= 0.3 is 0 Å². The summed E-state index contributed by atoms with van der Waals surface area (Å²) >= 11 is 7.72. The Balaban J connectivity index is 2.25. The van der Waals surface area contributed by atoms with E-state index in [1.165, 1.54) is 18.2 Å². The average molecular weight is 390 g/mol. The van der Waals surface area contributed by atoms with Crippen molar-refractivity contribution in [3.05, 3.63) is 50.6 Å². The van der Waals surface area contributed by atoms with Crippen LogP contribution in [0.15, 0.2) is 36.4 Å². The van der Waals surface area contributed by atoms with Crippen molar-refractivity contribution >= 4 is 45.8 Å². The molecule has 0 spiro atoms. The largest absolute Gasteiger partial charge is 0.507 e. The van der Waals surface area contributed by atoms with Crippen molar-refractivity contribution in [2.24, 2.45) is 0 Å². The summed E-state index contributed by atoms with van der Waals surface area (Å²) in [6, 6.07) is 9.09. The number of rotatable bonds is 2. The summed E-state index contributed by atoms with van der Waals surface area (Å²) in [5.41, 5.74) is 0.562. The third kappa shape index (κ3) is 3.30. The maximum absolute atomic E-state index is 12.0. The first kappa shape index (κ1) is 14.0. The van der Waals surface area contributed by atoms with E-state index in [2.05, 4.69) is 5.32 Å². The van der Waals surface area contributed by atoms with Gasteiger partial charge < -0.3 is 15.5 Å². The van der Waals surface area contributed by atoms with Crippen molar-refractivity contribution in [3.8, 4) is 11.5 Å². The summed E-state index contributed by atoms with van der Waals surface area (Å²) in [6.45, 7) is 0. The summed E-state index contributed by atoms with van der Waals surface area (Å²) in [6.07, 6.45) is 0. The van der Waals surface area contributed by atoms with Gasteiger partial charge in [0.1, 0.15) is 11.5 Å². The lowest BCUT2D eigenvalue weighted by molar-refractivity contribution is 0.102. The Bertz CT molecular complexity index is 646. The van der Waals surface area contributed by atoms with Crippen molar-refractivity contribution in [2.45, 2.75) is 0 Å². The van der Waals surface area contributed by atoms with Gasteiger partial charge in [-0.3, -0.25) is 4.79 Å². The Morgan fingerprint density at radius 3 is 2.53 bits per heavy atom. The molecule has 0 aromatic heterocycles. The molecule has 6 heteroatoms. The molecule has 0 saturated heterocycles. The molecule has 3 N–H and O–H groups in total. The number of carbonyl (C=O) groups excluding carboxylic acids is 1. The van der Waals surface area contributed by atoms with Gasteiger partial charge in [0.2, 0.25) is 0 Å². The summed E-state index contributed by atoms with van der Waals surface area (Å²) in [4.78, 5) is 12.0. The minimum absolute atomic E-state index is 0.101. The first-order valence-electron chi connectivity index (χ1n) is 5.26. The van der Waals surface area contributed by atoms with Gasteiger partial charge in [-0.05, 0) is 52.9 Å². The average Bonchev–Trinajstić information content (AvgIpc) is 2.36. The normalized spacial score (nSPS) is 10.2. The minimum Gasteiger partial charge on any atom is -0.507 e. The second kappa shape index (κ2) is 5.66. The molecule has 0 fully saturated rings. The van der Waals surface area contributed by atoms with E-state index < -0.39 is 5.91 Å². The van der Waals surface area contributed by atoms with E-state index in [1.807, 2.05) is 22.6 Å². The maximum Gasteiger partial charge on any atom is 0.259 e. The number of phenolic OH excluding ortho intramolecular Hbond substituents is 2. The van der Waals surface area contributed by atoms with Crippen LogP contribution < -0.4 is 5.32 Å². The van der Waals surface area contributed by atoms with Crippen LogP contribution in [-0.4, -0.2) is 16.1 Å². The number of hydrogen-bond acceptors (Lipinski definition) is 3. The third-order valence-corrected chi connectivity index (χ3v) is 3.40. The van der Waals surface area contributed by atoms with Crippen LogP contribution in [0.5, 0.6) is 11.5 Å². The highest BCUT2D eigenvalue weighted by molar-refractivity contribution is 14.1. The number of anilines is 1. The highest BCUT2D eigenvalue weighted by Crippen LogP contribution is 2.27. The van der Waals surface area contributed by atoms with E-state index in [1.54, 1.807) is 18.2 Å². The van der Waals surface area contributed by atoms with Crippen LogP contribution in [0.25, 0.3) is 0 Å². The van der Waals surface area contributed by atoms with Crippen LogP contribution in [0, 0.1) is 3.57 Å². The van der Waals surface area contributed by atoms with E-state index in [0.29, 0.717) is 5.69 Å². The first-order valence-corrected chi connectivity index (χ1v) is 6.71. The van der Waals surface area contributed by atoms with Crippen molar-refractivity contribution < 1.29 is 15.0 Å². The molecule has 2 aromatic rings. The molecule has 0 saturated carbocycles. The second-order valence-corrected chi connectivity index (χ2v) is 5.43. The third-order valence-electron chi connectivity index (χ3n) is 2.41. The zero-order chi connectivity index (χ0) is 14.0. The molecule has 0 bridgehead atoms. The number of nitrogens with one attached hydrogen (secondary N) is 1. The van der Waals surface area contributed by atoms with Gasteiger partial charge in [0.05, 0.1) is 10.6 Å². The van der Waals surface area contributed by atoms with Gasteiger partial charge in [-0.2, -0.15) is 0 Å². The standard InChI is InChI=1S/C13H9ClINO3/c14-10-3-2-8(6-12(10)18)16-13(19)9-5-7(15)1-4-11(9)17/h1-6,17-18H,(H,16,19). The van der Waals surface area contributed by atoms with E-state index in [4.69, 9.17) is 11.6 Å². The lowest BCUT2D eigenvalue weighted by atomic mass is 10.2. The first-order chi connectivity index (χ1) is 8.97. The number of phenols is 2. The molecule has 1 amide bonds. The highest BCUT2D eigenvalue weighted by atomic mass is 127. The van der Waals surface area contributed by atoms with Crippen molar-refractivity contribution in [2.75, 3.05) is 5.32 Å². The maximum atomic E-state index is 12.0. The fraction of sp³-hybridized carbons (Fsp3) is 0. The molecular formula is C13H9ClINO3. The van der Waals surface area contributed by atoms with E-state index in [-0.39, 0.29) is 22.1 Å². The Morgan fingerprint density at radius 1 is 1.11 bits per heavy atom. The summed E-state index contributed by atoms with van der Waals surface area (Å²) in [5, 5.41) is 21.9. The Hall–Kier alpha value is -1.47. The van der Waals surface area contributed by atoms with Crippen LogP contribution in [0.3, 0.4) is 0 Å². The number of carbonyl (C=O) groups is 1. The van der Waals surface area contributed by atoms with Crippen molar-refractivity contribution in [1.29, 1.82) is 0 Å². The molecule has 19 heavy (non-hydrogen) atoms. The molecule has 0 aliphatic carbocycles. The van der Waals surface area contributed by atoms with Crippen LogP contribution in [0.4, 0.5) is 5.69 Å². The highest BCUT2D eigenvalue weighted by Gasteiger charge is 2.12. The molecule has 0 atom stereocenters. The molecule has 0 aliphatic rings. The number of aromatic hydroxyl groups is 2. The van der Waals surface area contributed by atoms with E-state index >= 15 is 0 Å². The van der Waals surface area contributed by atoms with Crippen LogP contribution in [0.1, 0.15) is 10.4 Å². The number of amides is 1. The monoisotopic (exact) mass is 389 g/mol. The molecule has 0 unspecified atom stereocenters. The van der Waals surface area contributed by atoms with Crippen LogP contribution in [-0.2, 0) is 0 Å². The van der Waals surface area contributed by atoms with Crippen LogP contribution >= 0.6 is 34.2 Å². The SMILES string of the molecule is O=C(Nc1ccc(Cl)c(O)c1)c1cc(I)ccc1O. The van der Waals surface area contributed by atoms with Gasteiger partial charge in [-0.1, -0.05) is 11.6 Å². The summed E-state index contributed by atoms with van der Waals surface area (Å²) in [5.74, 6) is -0.680. The van der Waals surface area contributed by atoms with Gasteiger partial charge in [0.15, 0.2) is 0 Å². The van der Waals surface area contributed by atoms with E-state index in [0.717, 1.165) is 3.57 Å². The summed E-state index contributed by atoms with van der Waals surface area (Å²) < 4.78 is 0.833. The molecule has 0 radical (unpaired) electrons. The smallest absolute Gasteiger partial charge is 0.259 e. The van der Waals surface area contributed by atoms with Gasteiger partial charge in [-0.15, -0.1) is 0 Å². The van der Waals surface area contributed by atoms with E-state index in [9.17, 15) is 15.0 Å². The lowest BCUT2D eigenvalue weighted by Crippen LogP contribution is -2.12. The molecule has 2 rings (SSSR count). The Morgan fingerprint density at radius 2 is 1.84 bits per heavy atom. The van der Waals surface area contributed by atoms with Gasteiger partial charge in [0, 0.05) is 15.3 Å². The number of hydrogen-bond donors (Lipinski definition) is 3. The zero-order valence-electron chi connectivity index (χ0n) is 9.52. The predicted molar refractivity (Wildman–Crippen MR) is 81.9 cm³/mol. The Labute approximate surface area is 128 Å². The lowest BCUT2D eigenvalue weighted by Gasteiger charge is -2.08. The molecule has 0 aliphatic heterocycles. The predicted octanol–water partition coefficient (Wildman–Crippen LogP) is 3.61. The quantitative estimate of drug-likeness (QED) is 0.687. The van der Waals surface area contributed by atoms with Gasteiger partial charge in [-0.25, -0.2) is 0 Å².